The highest BCUT2D eigenvalue weighted by atomic mass is 35.5. The minimum absolute atomic E-state index is 0.207. The molecule has 4 rings (SSSR count). The molecule has 0 unspecified atom stereocenters. The van der Waals surface area contributed by atoms with Gasteiger partial charge >= 0.3 is 5.97 Å². The Hall–Kier alpha value is -2.86. The number of imidazole rings is 1. The van der Waals surface area contributed by atoms with E-state index >= 15 is 0 Å². The first-order valence-electron chi connectivity index (χ1n) is 10.8. The summed E-state index contributed by atoms with van der Waals surface area (Å²) >= 11 is 6.28. The Balaban J connectivity index is 1.94. The quantitative estimate of drug-likeness (QED) is 0.295. The van der Waals surface area contributed by atoms with Crippen LogP contribution in [-0.2, 0) is 14.3 Å². The van der Waals surface area contributed by atoms with Crippen LogP contribution in [0.5, 0.6) is 0 Å². The third kappa shape index (κ3) is 3.92. The molecule has 2 aromatic carbocycles. The van der Waals surface area contributed by atoms with Crippen LogP contribution in [0.25, 0.3) is 11.0 Å². The Kier molecular flexibility index (Phi) is 6.28. The number of carbonyl (C=O) groups is 2. The Labute approximate surface area is 186 Å². The van der Waals surface area contributed by atoms with Crippen molar-refractivity contribution in [1.82, 2.24) is 9.55 Å². The highest BCUT2D eigenvalue weighted by molar-refractivity contribution is 6.30. The first-order chi connectivity index (χ1) is 15.1. The maximum Gasteiger partial charge on any atom is 0.321 e. The number of halogens is 1. The average molecular weight is 440 g/mol. The topological polar surface area (TPSA) is 64.4 Å². The molecule has 7 heteroatoms. The van der Waals surface area contributed by atoms with Gasteiger partial charge in [-0.25, -0.2) is 4.98 Å². The van der Waals surface area contributed by atoms with E-state index in [0.717, 1.165) is 35.9 Å². The molecule has 3 aromatic rings. The Morgan fingerprint density at radius 1 is 1.13 bits per heavy atom. The second-order valence-electron chi connectivity index (χ2n) is 7.70. The molecular formula is C24H26ClN3O3. The molecule has 1 amide bonds. The van der Waals surface area contributed by atoms with Gasteiger partial charge in [-0.15, -0.1) is 0 Å². The Morgan fingerprint density at radius 3 is 2.68 bits per heavy atom. The van der Waals surface area contributed by atoms with E-state index in [-0.39, 0.29) is 12.5 Å². The third-order valence-electron chi connectivity index (χ3n) is 5.66. The summed E-state index contributed by atoms with van der Waals surface area (Å²) in [7, 11) is 0. The molecule has 0 bridgehead atoms. The van der Waals surface area contributed by atoms with Crippen molar-refractivity contribution in [3.8, 4) is 0 Å². The van der Waals surface area contributed by atoms with Crippen molar-refractivity contribution in [2.75, 3.05) is 18.1 Å². The molecule has 1 aromatic heterocycles. The van der Waals surface area contributed by atoms with E-state index in [2.05, 4.69) is 6.92 Å². The molecule has 0 spiro atoms. The summed E-state index contributed by atoms with van der Waals surface area (Å²) in [5.41, 5.74) is 2.42. The fraction of sp³-hybridized carbons (Fsp3) is 0.375. The zero-order valence-corrected chi connectivity index (χ0v) is 18.5. The minimum atomic E-state index is -1.01. The highest BCUT2D eigenvalue weighted by Gasteiger charge is 2.47. The van der Waals surface area contributed by atoms with Crippen LogP contribution in [0.4, 0.5) is 5.95 Å². The number of rotatable bonds is 7. The summed E-state index contributed by atoms with van der Waals surface area (Å²) in [4.78, 5) is 33.2. The minimum Gasteiger partial charge on any atom is -0.465 e. The van der Waals surface area contributed by atoms with Crippen LogP contribution in [0.1, 0.15) is 44.7 Å². The SMILES string of the molecule is CCCCCN1C(=O)[C@H](C(=O)OCC)[C@H](c2cccc(Cl)c2)n2c1nc1ccccc12. The Morgan fingerprint density at radius 2 is 1.94 bits per heavy atom. The van der Waals surface area contributed by atoms with Crippen LogP contribution in [0, 0.1) is 5.92 Å². The first-order valence-corrected chi connectivity index (χ1v) is 11.1. The predicted octanol–water partition coefficient (Wildman–Crippen LogP) is 5.00. The summed E-state index contributed by atoms with van der Waals surface area (Å²) < 4.78 is 7.35. The highest BCUT2D eigenvalue weighted by Crippen LogP contribution is 2.41. The lowest BCUT2D eigenvalue weighted by Gasteiger charge is -2.38. The van der Waals surface area contributed by atoms with Gasteiger partial charge in [-0.1, -0.05) is 55.6 Å². The number of anilines is 1. The number of benzene rings is 2. The van der Waals surface area contributed by atoms with E-state index in [9.17, 15) is 9.59 Å². The van der Waals surface area contributed by atoms with Crippen LogP contribution in [-0.4, -0.2) is 34.6 Å². The van der Waals surface area contributed by atoms with E-state index in [4.69, 9.17) is 21.3 Å². The normalized spacial score (nSPS) is 18.3. The number of esters is 1. The smallest absolute Gasteiger partial charge is 0.321 e. The van der Waals surface area contributed by atoms with Gasteiger partial charge in [0.2, 0.25) is 11.9 Å². The van der Waals surface area contributed by atoms with Gasteiger partial charge in [-0.2, -0.15) is 0 Å². The maximum atomic E-state index is 13.7. The number of aromatic nitrogens is 2. The van der Waals surface area contributed by atoms with Gasteiger partial charge in [-0.05, 0) is 43.2 Å². The fourth-order valence-corrected chi connectivity index (χ4v) is 4.47. The van der Waals surface area contributed by atoms with Gasteiger partial charge in [0, 0.05) is 11.6 Å². The number of carbonyl (C=O) groups excluding carboxylic acids is 2. The molecule has 0 saturated heterocycles. The molecule has 162 valence electrons. The number of fused-ring (bicyclic) bond motifs is 3. The largest absolute Gasteiger partial charge is 0.465 e. The molecule has 0 aliphatic carbocycles. The van der Waals surface area contributed by atoms with Crippen molar-refractivity contribution in [2.24, 2.45) is 5.92 Å². The molecule has 0 saturated carbocycles. The predicted molar refractivity (Wildman–Crippen MR) is 121 cm³/mol. The number of hydrogen-bond acceptors (Lipinski definition) is 4. The molecule has 0 radical (unpaired) electrons. The first kappa shape index (κ1) is 21.4. The molecule has 2 heterocycles. The lowest BCUT2D eigenvalue weighted by Crippen LogP contribution is -2.50. The van der Waals surface area contributed by atoms with Gasteiger partial charge < -0.3 is 9.30 Å². The standard InChI is InChI=1S/C24H26ClN3O3/c1-3-5-8-14-27-22(29)20(23(30)31-4-2)21(16-10-9-11-17(25)15-16)28-19-13-7-6-12-18(19)26-24(27)28/h6-7,9-13,15,20-21H,3-5,8,14H2,1-2H3/t20-,21+/m1/s1. The number of amides is 1. The summed E-state index contributed by atoms with van der Waals surface area (Å²) in [6.45, 7) is 4.58. The molecule has 6 nitrogen and oxygen atoms in total. The molecule has 0 N–H and O–H groups in total. The summed E-state index contributed by atoms with van der Waals surface area (Å²) in [5.74, 6) is -1.25. The summed E-state index contributed by atoms with van der Waals surface area (Å²) in [5, 5.41) is 0.545. The number of ether oxygens (including phenoxy) is 1. The second-order valence-corrected chi connectivity index (χ2v) is 8.13. The third-order valence-corrected chi connectivity index (χ3v) is 5.90. The Bertz CT molecular complexity index is 1110. The van der Waals surface area contributed by atoms with Crippen LogP contribution in [0.3, 0.4) is 0 Å². The monoisotopic (exact) mass is 439 g/mol. The van der Waals surface area contributed by atoms with E-state index in [1.54, 1.807) is 24.0 Å². The van der Waals surface area contributed by atoms with Crippen molar-refractivity contribution >= 4 is 40.5 Å². The average Bonchev–Trinajstić information content (AvgIpc) is 3.14. The van der Waals surface area contributed by atoms with Crippen LogP contribution in [0.2, 0.25) is 5.02 Å². The van der Waals surface area contributed by atoms with Crippen LogP contribution in [0.15, 0.2) is 48.5 Å². The van der Waals surface area contributed by atoms with E-state index in [0.29, 0.717) is 17.5 Å². The van der Waals surface area contributed by atoms with Crippen molar-refractivity contribution in [2.45, 2.75) is 39.2 Å². The van der Waals surface area contributed by atoms with Gasteiger partial charge in [0.15, 0.2) is 5.92 Å². The van der Waals surface area contributed by atoms with Crippen molar-refractivity contribution in [3.05, 3.63) is 59.1 Å². The zero-order valence-electron chi connectivity index (χ0n) is 17.8. The second kappa shape index (κ2) is 9.10. The molecule has 0 fully saturated rings. The van der Waals surface area contributed by atoms with Gasteiger partial charge in [0.25, 0.3) is 0 Å². The number of unbranched alkanes of at least 4 members (excludes halogenated alkanes) is 2. The van der Waals surface area contributed by atoms with E-state index in [1.165, 1.54) is 0 Å². The van der Waals surface area contributed by atoms with Gasteiger partial charge in [0.1, 0.15) is 0 Å². The van der Waals surface area contributed by atoms with Crippen molar-refractivity contribution in [1.29, 1.82) is 0 Å². The van der Waals surface area contributed by atoms with Gasteiger partial charge in [0.05, 0.1) is 23.7 Å². The maximum absolute atomic E-state index is 13.7. The van der Waals surface area contributed by atoms with E-state index in [1.807, 2.05) is 41.0 Å². The summed E-state index contributed by atoms with van der Waals surface area (Å²) in [6.07, 6.45) is 2.86. The number of hydrogen-bond donors (Lipinski definition) is 0. The number of nitrogens with zero attached hydrogens (tertiary/aromatic N) is 3. The molecule has 1 aliphatic rings. The van der Waals surface area contributed by atoms with Gasteiger partial charge in [-0.3, -0.25) is 14.5 Å². The fourth-order valence-electron chi connectivity index (χ4n) is 4.27. The molecule has 31 heavy (non-hydrogen) atoms. The van der Waals surface area contributed by atoms with Crippen molar-refractivity contribution in [3.63, 3.8) is 0 Å². The van der Waals surface area contributed by atoms with E-state index < -0.39 is 17.9 Å². The molecule has 1 aliphatic heterocycles. The van der Waals surface area contributed by atoms with Crippen LogP contribution < -0.4 is 4.90 Å². The molecule has 2 atom stereocenters. The van der Waals surface area contributed by atoms with Crippen molar-refractivity contribution < 1.29 is 14.3 Å². The zero-order chi connectivity index (χ0) is 22.0. The van der Waals surface area contributed by atoms with Crippen LogP contribution >= 0.6 is 11.6 Å². The molecular weight excluding hydrogens is 414 g/mol. The lowest BCUT2D eigenvalue weighted by atomic mass is 9.89. The number of para-hydroxylation sites is 2. The summed E-state index contributed by atoms with van der Waals surface area (Å²) in [6, 6.07) is 14.4. The lowest BCUT2D eigenvalue weighted by molar-refractivity contribution is -0.153.